The Morgan fingerprint density at radius 1 is 1.11 bits per heavy atom. The third kappa shape index (κ3) is 13.5. The highest BCUT2D eigenvalue weighted by Crippen LogP contribution is 2.27. The number of hydrogen-bond acceptors (Lipinski definition) is 8. The lowest BCUT2D eigenvalue weighted by Crippen LogP contribution is -2.52. The molecule has 0 aromatic rings. The van der Waals surface area contributed by atoms with E-state index in [0.29, 0.717) is 18.7 Å². The summed E-state index contributed by atoms with van der Waals surface area (Å²) in [6.45, 7) is 11.1. The molecule has 0 aromatic carbocycles. The fourth-order valence-corrected chi connectivity index (χ4v) is 7.01. The molecule has 0 bridgehead atoms. The van der Waals surface area contributed by atoms with Crippen LogP contribution in [0.25, 0.3) is 0 Å². The number of imide groups is 1. The van der Waals surface area contributed by atoms with Crippen LogP contribution in [-0.4, -0.2) is 99.1 Å². The molecule has 38 heavy (non-hydrogen) atoms. The molecule has 4 atom stereocenters. The first-order chi connectivity index (χ1) is 18.3. The quantitative estimate of drug-likeness (QED) is 0.0917. The maximum atomic E-state index is 12.9. The van der Waals surface area contributed by atoms with Gasteiger partial charge >= 0.3 is 6.03 Å². The highest BCUT2D eigenvalue weighted by atomic mass is 32.2. The van der Waals surface area contributed by atoms with Crippen molar-refractivity contribution in [2.75, 3.05) is 44.7 Å². The van der Waals surface area contributed by atoms with Gasteiger partial charge in [-0.15, -0.1) is 4.31 Å². The van der Waals surface area contributed by atoms with Gasteiger partial charge in [0.25, 0.3) is 0 Å². The summed E-state index contributed by atoms with van der Waals surface area (Å²) in [7, 11) is 1.69. The molecule has 0 radical (unpaired) electrons. The number of carbonyl (C=O) groups is 3. The minimum absolute atomic E-state index is 0.0568. The Morgan fingerprint density at radius 2 is 1.79 bits per heavy atom. The summed E-state index contributed by atoms with van der Waals surface area (Å²) in [5.41, 5.74) is 0. The number of likely N-dealkylation sites (N-methyl/N-ethyl adjacent to an activating group) is 1. The van der Waals surface area contributed by atoms with Gasteiger partial charge in [-0.25, -0.2) is 4.79 Å². The summed E-state index contributed by atoms with van der Waals surface area (Å²) in [6.07, 6.45) is 11.0. The van der Waals surface area contributed by atoms with Crippen LogP contribution in [0.1, 0.15) is 91.9 Å². The van der Waals surface area contributed by atoms with Crippen LogP contribution in [0.5, 0.6) is 0 Å². The largest absolute Gasteiger partial charge is 0.598 e. The number of nitrogens with zero attached hydrogens (tertiary/aromatic N) is 3. The van der Waals surface area contributed by atoms with Crippen molar-refractivity contribution in [3.8, 4) is 0 Å². The van der Waals surface area contributed by atoms with Crippen LogP contribution in [0, 0.1) is 0 Å². The molecule has 0 aromatic heterocycles. The molecule has 4 unspecified atom stereocenters. The summed E-state index contributed by atoms with van der Waals surface area (Å²) in [5, 5.41) is 5.38. The van der Waals surface area contributed by atoms with E-state index in [4.69, 9.17) is 0 Å². The third-order valence-electron chi connectivity index (χ3n) is 7.27. The van der Waals surface area contributed by atoms with Crippen molar-refractivity contribution in [3.05, 3.63) is 0 Å². The van der Waals surface area contributed by atoms with Crippen molar-refractivity contribution >= 4 is 41.5 Å². The van der Waals surface area contributed by atoms with E-state index in [9.17, 15) is 18.9 Å². The number of hydrogen-bond donors (Lipinski definition) is 2. The van der Waals surface area contributed by atoms with Crippen molar-refractivity contribution in [1.29, 1.82) is 0 Å². The van der Waals surface area contributed by atoms with E-state index in [1.807, 2.05) is 30.1 Å². The van der Waals surface area contributed by atoms with Gasteiger partial charge < -0.3 is 19.6 Å². The minimum atomic E-state index is -1.01. The summed E-state index contributed by atoms with van der Waals surface area (Å²) < 4.78 is 17.2. The Kier molecular flexibility index (Phi) is 19.4. The first-order valence-electron chi connectivity index (χ1n) is 14.5. The fraction of sp³-hybridized carbons (Fsp3) is 0.889. The molecular weight excluding hydrogens is 522 g/mol. The van der Waals surface area contributed by atoms with E-state index < -0.39 is 17.4 Å². The van der Waals surface area contributed by atoms with Crippen LogP contribution < -0.4 is 10.6 Å². The number of nitrogens with one attached hydrogen (secondary N) is 2. The van der Waals surface area contributed by atoms with Gasteiger partial charge in [0, 0.05) is 61.8 Å². The minimum Gasteiger partial charge on any atom is -0.598 e. The van der Waals surface area contributed by atoms with Gasteiger partial charge in [-0.05, 0) is 66.3 Å². The Hall–Kier alpha value is -0.850. The Labute approximate surface area is 239 Å². The molecule has 0 saturated carbocycles. The molecule has 222 valence electrons. The second-order valence-corrected chi connectivity index (χ2v) is 12.8. The molecule has 2 N–H and O–H groups in total. The van der Waals surface area contributed by atoms with Gasteiger partial charge in [0.2, 0.25) is 5.91 Å². The van der Waals surface area contributed by atoms with E-state index in [1.165, 1.54) is 25.7 Å². The van der Waals surface area contributed by atoms with Gasteiger partial charge in [-0.1, -0.05) is 38.1 Å². The summed E-state index contributed by atoms with van der Waals surface area (Å²) in [6, 6.07) is -0.606. The Morgan fingerprint density at radius 3 is 2.42 bits per heavy atom. The maximum absolute atomic E-state index is 12.9. The summed E-state index contributed by atoms with van der Waals surface area (Å²) >= 11 is 0.839. The number of unbranched alkanes of at least 4 members (excludes halogenated alkanes) is 5. The molecule has 0 spiro atoms. The van der Waals surface area contributed by atoms with Crippen LogP contribution in [0.2, 0.25) is 0 Å². The first kappa shape index (κ1) is 35.2. The predicted molar refractivity (Wildman–Crippen MR) is 159 cm³/mol. The average Bonchev–Trinajstić information content (AvgIpc) is 3.29. The lowest BCUT2D eigenvalue weighted by molar-refractivity contribution is -0.121. The predicted octanol–water partition coefficient (Wildman–Crippen LogP) is 3.96. The highest BCUT2D eigenvalue weighted by Gasteiger charge is 2.36. The van der Waals surface area contributed by atoms with Gasteiger partial charge in [-0.2, -0.15) is 0 Å². The first-order valence-corrected chi connectivity index (χ1v) is 16.8. The zero-order valence-electron chi connectivity index (χ0n) is 24.4. The number of rotatable bonds is 21. The number of carbonyl (C=O) groups excluding carboxylic acids is 3. The monoisotopic (exact) mass is 575 g/mol. The molecule has 1 saturated heterocycles. The normalized spacial score (nSPS) is 19.2. The molecule has 0 aliphatic carbocycles. The molecule has 3 amide bonds. The van der Waals surface area contributed by atoms with E-state index in [0.717, 1.165) is 63.8 Å². The number of urea groups is 1. The zero-order chi connectivity index (χ0) is 28.3. The average molecular weight is 576 g/mol. The SMILES string of the molecule is CCN(CCC=O)SCCCCCCCC[S+]([O-])N(CC)CCC1CCC(C)N1C(=O)NC(=O)C(C)NC. The molecule has 11 heteroatoms. The Balaban J connectivity index is 2.27. The Bertz CT molecular complexity index is 675. The number of aldehydes is 1. The highest BCUT2D eigenvalue weighted by molar-refractivity contribution is 7.97. The van der Waals surface area contributed by atoms with Crippen LogP contribution in [0.4, 0.5) is 4.79 Å². The molecule has 1 rings (SSSR count). The van der Waals surface area contributed by atoms with Crippen LogP contribution in [-0.2, 0) is 21.0 Å². The summed E-state index contributed by atoms with van der Waals surface area (Å²) in [5.74, 6) is 1.47. The van der Waals surface area contributed by atoms with Crippen LogP contribution in [0.3, 0.4) is 0 Å². The summed E-state index contributed by atoms with van der Waals surface area (Å²) in [4.78, 5) is 37.3. The van der Waals surface area contributed by atoms with Crippen molar-refractivity contribution in [2.45, 2.75) is 110 Å². The smallest absolute Gasteiger partial charge is 0.324 e. The van der Waals surface area contributed by atoms with Gasteiger partial charge in [0.15, 0.2) is 0 Å². The van der Waals surface area contributed by atoms with E-state index in [2.05, 4.69) is 21.9 Å². The van der Waals surface area contributed by atoms with E-state index in [-0.39, 0.29) is 24.0 Å². The van der Waals surface area contributed by atoms with E-state index >= 15 is 0 Å². The fourth-order valence-electron chi connectivity index (χ4n) is 4.70. The zero-order valence-corrected chi connectivity index (χ0v) is 26.0. The van der Waals surface area contributed by atoms with E-state index in [1.54, 1.807) is 18.9 Å². The maximum Gasteiger partial charge on any atom is 0.324 e. The molecule has 1 fully saturated rings. The lowest BCUT2D eigenvalue weighted by Gasteiger charge is -2.30. The molecule has 1 aliphatic rings. The van der Waals surface area contributed by atoms with Gasteiger partial charge in [0.1, 0.15) is 12.0 Å². The lowest BCUT2D eigenvalue weighted by atomic mass is 10.1. The van der Waals surface area contributed by atoms with Crippen LogP contribution >= 0.6 is 11.9 Å². The standard InChI is InChI=1S/C27H53N5O4S2/c1-6-30(18-14-20-33)37-21-12-10-8-9-11-13-22-38(36)31(7-2)19-17-25-16-15-23(3)32(25)27(35)29-26(34)24(4)28-5/h20,23-25,28H,6-19,21-22H2,1-5H3,(H,29,34,35). The second-order valence-electron chi connectivity index (χ2n) is 10.1. The molecular formula is C27H53N5O4S2. The topological polar surface area (TPSA) is 108 Å². The second kappa shape index (κ2) is 21.0. The van der Waals surface area contributed by atoms with Crippen molar-refractivity contribution in [3.63, 3.8) is 0 Å². The molecule has 1 aliphatic heterocycles. The van der Waals surface area contributed by atoms with Crippen LogP contribution in [0.15, 0.2) is 0 Å². The third-order valence-corrected chi connectivity index (χ3v) is 10.2. The molecule has 9 nitrogen and oxygen atoms in total. The van der Waals surface area contributed by atoms with Gasteiger partial charge in [-0.3, -0.25) is 14.4 Å². The van der Waals surface area contributed by atoms with Crippen molar-refractivity contribution in [1.82, 2.24) is 24.1 Å². The number of likely N-dealkylation sites (tertiary alicyclic amines) is 1. The molecule has 1 heterocycles. The van der Waals surface area contributed by atoms with Crippen molar-refractivity contribution in [2.24, 2.45) is 0 Å². The van der Waals surface area contributed by atoms with Crippen molar-refractivity contribution < 1.29 is 18.9 Å². The number of amides is 3. The van der Waals surface area contributed by atoms with Gasteiger partial charge in [0.05, 0.1) is 6.04 Å².